The zero-order valence-corrected chi connectivity index (χ0v) is 16.9. The predicted molar refractivity (Wildman–Crippen MR) is 105 cm³/mol. The summed E-state index contributed by atoms with van der Waals surface area (Å²) < 4.78 is 36.2. The predicted octanol–water partition coefficient (Wildman–Crippen LogP) is 2.41. The van der Waals surface area contributed by atoms with Crippen molar-refractivity contribution in [2.24, 2.45) is 0 Å². The molecule has 10 nitrogen and oxygen atoms in total. The van der Waals surface area contributed by atoms with Gasteiger partial charge in [-0.25, -0.2) is 8.42 Å². The van der Waals surface area contributed by atoms with Crippen molar-refractivity contribution in [1.82, 2.24) is 24.1 Å². The molecule has 0 atom stereocenters. The Morgan fingerprint density at radius 3 is 2.41 bits per heavy atom. The van der Waals surface area contributed by atoms with E-state index in [9.17, 15) is 13.2 Å². The molecule has 1 aliphatic rings. The number of carbonyl (C=O) groups is 1. The summed E-state index contributed by atoms with van der Waals surface area (Å²) in [5.74, 6) is -0.344. The van der Waals surface area contributed by atoms with Crippen molar-refractivity contribution >= 4 is 33.5 Å². The van der Waals surface area contributed by atoms with Crippen molar-refractivity contribution in [2.75, 3.05) is 18.4 Å². The summed E-state index contributed by atoms with van der Waals surface area (Å²) >= 11 is 1.14. The lowest BCUT2D eigenvalue weighted by atomic mass is 10.2. The standard InChI is InChI=1S/C17H18N6O4S2/c24-15(18-17-21-20-16(27-17)14-11-28-22-19-14)12-5-7-13(8-6-12)29(25,26)23-9-3-1-2-4-10-23/h5-8,11H,1-4,9-10H2,(H,18,21,24). The molecule has 2 aromatic heterocycles. The van der Waals surface area contributed by atoms with Crippen molar-refractivity contribution in [3.05, 3.63) is 35.2 Å². The Morgan fingerprint density at radius 2 is 1.76 bits per heavy atom. The summed E-state index contributed by atoms with van der Waals surface area (Å²) in [6, 6.07) is 5.72. The van der Waals surface area contributed by atoms with Gasteiger partial charge in [-0.3, -0.25) is 10.1 Å². The minimum atomic E-state index is -3.56. The van der Waals surface area contributed by atoms with Gasteiger partial charge in [-0.2, -0.15) is 4.31 Å². The van der Waals surface area contributed by atoms with Crippen LogP contribution in [0.4, 0.5) is 6.01 Å². The first-order valence-corrected chi connectivity index (χ1v) is 11.3. The van der Waals surface area contributed by atoms with Crippen molar-refractivity contribution in [3.63, 3.8) is 0 Å². The Kier molecular flexibility index (Phi) is 5.65. The van der Waals surface area contributed by atoms with Gasteiger partial charge in [0.1, 0.15) is 0 Å². The minimum Gasteiger partial charge on any atom is -0.401 e. The van der Waals surface area contributed by atoms with E-state index < -0.39 is 15.9 Å². The third-order valence-corrected chi connectivity index (χ3v) is 6.96. The number of hydrogen-bond donors (Lipinski definition) is 1. The van der Waals surface area contributed by atoms with Crippen LogP contribution in [0.2, 0.25) is 0 Å². The fraction of sp³-hybridized carbons (Fsp3) is 0.353. The van der Waals surface area contributed by atoms with E-state index in [1.54, 1.807) is 5.38 Å². The Balaban J connectivity index is 1.45. The van der Waals surface area contributed by atoms with Gasteiger partial charge in [0.25, 0.3) is 11.8 Å². The second-order valence-electron chi connectivity index (χ2n) is 6.50. The van der Waals surface area contributed by atoms with E-state index in [-0.39, 0.29) is 22.4 Å². The van der Waals surface area contributed by atoms with Crippen LogP contribution in [-0.4, -0.2) is 51.5 Å². The highest BCUT2D eigenvalue weighted by atomic mass is 32.2. The molecule has 0 aliphatic carbocycles. The maximum Gasteiger partial charge on any atom is 0.322 e. The summed E-state index contributed by atoms with van der Waals surface area (Å²) in [6.07, 6.45) is 3.81. The lowest BCUT2D eigenvalue weighted by Crippen LogP contribution is -2.31. The van der Waals surface area contributed by atoms with Gasteiger partial charge in [-0.05, 0) is 48.6 Å². The molecule has 1 amide bonds. The Bertz CT molecular complexity index is 1070. The van der Waals surface area contributed by atoms with E-state index in [1.165, 1.54) is 28.6 Å². The number of rotatable bonds is 5. The molecule has 0 unspecified atom stereocenters. The van der Waals surface area contributed by atoms with Crippen LogP contribution in [0, 0.1) is 0 Å². The van der Waals surface area contributed by atoms with Crippen molar-refractivity contribution in [2.45, 2.75) is 30.6 Å². The Labute approximate surface area is 171 Å². The molecule has 3 heterocycles. The average molecular weight is 435 g/mol. The fourth-order valence-electron chi connectivity index (χ4n) is 3.01. The zero-order chi connectivity index (χ0) is 20.3. The first-order valence-electron chi connectivity index (χ1n) is 9.06. The molecule has 1 fully saturated rings. The zero-order valence-electron chi connectivity index (χ0n) is 15.3. The van der Waals surface area contributed by atoms with Gasteiger partial charge < -0.3 is 4.42 Å². The number of benzene rings is 1. The number of sulfonamides is 1. The maximum atomic E-state index is 12.8. The van der Waals surface area contributed by atoms with Crippen LogP contribution in [0.3, 0.4) is 0 Å². The molecule has 3 aromatic rings. The van der Waals surface area contributed by atoms with Gasteiger partial charge >= 0.3 is 6.01 Å². The number of carbonyl (C=O) groups excluding carboxylic acids is 1. The van der Waals surface area contributed by atoms with Crippen molar-refractivity contribution in [3.8, 4) is 11.6 Å². The lowest BCUT2D eigenvalue weighted by molar-refractivity contribution is 0.102. The fourth-order valence-corrected chi connectivity index (χ4v) is 4.96. The molecule has 0 spiro atoms. The molecule has 1 aromatic carbocycles. The summed E-state index contributed by atoms with van der Waals surface area (Å²) in [5, 5.41) is 15.5. The molecule has 0 radical (unpaired) electrons. The van der Waals surface area contributed by atoms with Gasteiger partial charge in [0, 0.05) is 24.0 Å². The number of anilines is 1. The molecule has 29 heavy (non-hydrogen) atoms. The number of amides is 1. The monoisotopic (exact) mass is 434 g/mol. The third kappa shape index (κ3) is 4.33. The number of aromatic nitrogens is 4. The van der Waals surface area contributed by atoms with Crippen LogP contribution in [0.1, 0.15) is 36.0 Å². The van der Waals surface area contributed by atoms with Crippen LogP contribution < -0.4 is 5.32 Å². The summed E-state index contributed by atoms with van der Waals surface area (Å²) in [6.45, 7) is 1.05. The first-order chi connectivity index (χ1) is 14.0. The SMILES string of the molecule is O=C(Nc1nnc(-c2csnn2)o1)c1ccc(S(=O)(=O)N2CCCCCC2)cc1. The molecule has 152 valence electrons. The van der Waals surface area contributed by atoms with E-state index in [0.717, 1.165) is 37.2 Å². The van der Waals surface area contributed by atoms with Crippen LogP contribution >= 0.6 is 11.5 Å². The van der Waals surface area contributed by atoms with Crippen LogP contribution in [0.15, 0.2) is 39.0 Å². The first kappa shape index (κ1) is 19.6. The van der Waals surface area contributed by atoms with Crippen molar-refractivity contribution in [1.29, 1.82) is 0 Å². The van der Waals surface area contributed by atoms with Gasteiger partial charge in [-0.15, -0.1) is 10.2 Å². The molecular formula is C17H18N6O4S2. The Morgan fingerprint density at radius 1 is 1.03 bits per heavy atom. The molecule has 1 aliphatic heterocycles. The van der Waals surface area contributed by atoms with Gasteiger partial charge in [0.05, 0.1) is 4.90 Å². The summed E-state index contributed by atoms with van der Waals surface area (Å²) in [7, 11) is -3.56. The highest BCUT2D eigenvalue weighted by Crippen LogP contribution is 2.22. The molecule has 0 saturated carbocycles. The molecular weight excluding hydrogens is 416 g/mol. The third-order valence-electron chi connectivity index (χ3n) is 4.54. The molecule has 1 N–H and O–H groups in total. The number of hydrogen-bond acceptors (Lipinski definition) is 9. The summed E-state index contributed by atoms with van der Waals surface area (Å²) in [5.41, 5.74) is 0.695. The van der Waals surface area contributed by atoms with Gasteiger partial charge in [0.15, 0.2) is 5.69 Å². The van der Waals surface area contributed by atoms with E-state index >= 15 is 0 Å². The minimum absolute atomic E-state index is 0.0840. The molecule has 4 rings (SSSR count). The smallest absolute Gasteiger partial charge is 0.322 e. The highest BCUT2D eigenvalue weighted by Gasteiger charge is 2.25. The quantitative estimate of drug-likeness (QED) is 0.648. The number of nitrogens with one attached hydrogen (secondary N) is 1. The van der Waals surface area contributed by atoms with E-state index in [0.29, 0.717) is 18.8 Å². The average Bonchev–Trinajstić information content (AvgIpc) is 3.34. The molecule has 0 bridgehead atoms. The van der Waals surface area contributed by atoms with Crippen LogP contribution in [0.25, 0.3) is 11.6 Å². The van der Waals surface area contributed by atoms with E-state index in [4.69, 9.17) is 4.42 Å². The topological polar surface area (TPSA) is 131 Å². The summed E-state index contributed by atoms with van der Waals surface area (Å²) in [4.78, 5) is 12.6. The Hall–Kier alpha value is -2.70. The van der Waals surface area contributed by atoms with Crippen LogP contribution in [-0.2, 0) is 10.0 Å². The van der Waals surface area contributed by atoms with Crippen LogP contribution in [0.5, 0.6) is 0 Å². The second kappa shape index (κ2) is 8.35. The highest BCUT2D eigenvalue weighted by molar-refractivity contribution is 7.89. The maximum absolute atomic E-state index is 12.8. The second-order valence-corrected chi connectivity index (χ2v) is 9.05. The molecule has 1 saturated heterocycles. The molecule has 12 heteroatoms. The number of nitrogens with zero attached hydrogens (tertiary/aromatic N) is 5. The van der Waals surface area contributed by atoms with Crippen molar-refractivity contribution < 1.29 is 17.6 Å². The largest absolute Gasteiger partial charge is 0.401 e. The normalized spacial score (nSPS) is 15.7. The van der Waals surface area contributed by atoms with Gasteiger partial charge in [0.2, 0.25) is 10.0 Å². The lowest BCUT2D eigenvalue weighted by Gasteiger charge is -2.19. The van der Waals surface area contributed by atoms with Gasteiger partial charge in [-0.1, -0.05) is 22.4 Å². The van der Waals surface area contributed by atoms with E-state index in [1.807, 2.05) is 0 Å². The van der Waals surface area contributed by atoms with E-state index in [2.05, 4.69) is 25.1 Å².